The SMILES string of the molecule is CCC(c1ccc(Cl)cc1)N(CC1CCOCC1)c1cc(-c2ccc(F)cc2)sc1C(=O)O. The van der Waals surface area contributed by atoms with Gasteiger partial charge in [0.05, 0.1) is 11.7 Å². The van der Waals surface area contributed by atoms with E-state index in [9.17, 15) is 14.3 Å². The van der Waals surface area contributed by atoms with E-state index in [1.54, 1.807) is 12.1 Å². The van der Waals surface area contributed by atoms with E-state index in [2.05, 4.69) is 11.8 Å². The summed E-state index contributed by atoms with van der Waals surface area (Å²) in [5.41, 5.74) is 2.61. The van der Waals surface area contributed by atoms with Gasteiger partial charge in [-0.1, -0.05) is 42.8 Å². The van der Waals surface area contributed by atoms with E-state index in [4.69, 9.17) is 16.3 Å². The first-order valence-corrected chi connectivity index (χ1v) is 12.4. The predicted molar refractivity (Wildman–Crippen MR) is 132 cm³/mol. The molecule has 1 unspecified atom stereocenters. The average molecular weight is 488 g/mol. The molecule has 3 aromatic rings. The minimum atomic E-state index is -0.953. The summed E-state index contributed by atoms with van der Waals surface area (Å²) in [4.78, 5) is 15.6. The lowest BCUT2D eigenvalue weighted by molar-refractivity contribution is 0.0671. The van der Waals surface area contributed by atoms with Crippen molar-refractivity contribution in [1.82, 2.24) is 0 Å². The molecule has 33 heavy (non-hydrogen) atoms. The predicted octanol–water partition coefficient (Wildman–Crippen LogP) is 7.29. The van der Waals surface area contributed by atoms with Crippen LogP contribution in [-0.2, 0) is 4.74 Å². The standard InChI is InChI=1S/C26H27ClFNO3S/c1-2-22(18-3-7-20(27)8-4-18)29(16-17-11-13-32-14-12-17)23-15-24(33-25(23)26(30)31)19-5-9-21(28)10-6-19/h3-10,15,17,22H,2,11-14,16H2,1H3,(H,30,31). The molecule has 1 aliphatic heterocycles. The number of nitrogens with zero attached hydrogens (tertiary/aromatic N) is 1. The molecule has 2 aromatic carbocycles. The molecule has 174 valence electrons. The van der Waals surface area contributed by atoms with Crippen molar-refractivity contribution in [3.8, 4) is 10.4 Å². The first-order chi connectivity index (χ1) is 16.0. The van der Waals surface area contributed by atoms with Gasteiger partial charge in [0.1, 0.15) is 10.7 Å². The molecular weight excluding hydrogens is 461 g/mol. The van der Waals surface area contributed by atoms with E-state index >= 15 is 0 Å². The molecule has 1 saturated heterocycles. The lowest BCUT2D eigenvalue weighted by atomic mass is 9.95. The maximum atomic E-state index is 13.5. The maximum absolute atomic E-state index is 13.5. The van der Waals surface area contributed by atoms with E-state index in [-0.39, 0.29) is 11.9 Å². The third-order valence-electron chi connectivity index (χ3n) is 6.16. The minimum Gasteiger partial charge on any atom is -0.477 e. The average Bonchev–Trinajstić information content (AvgIpc) is 3.27. The first kappa shape index (κ1) is 23.7. The molecule has 0 saturated carbocycles. The highest BCUT2D eigenvalue weighted by Gasteiger charge is 2.29. The molecular formula is C26H27ClFNO3S. The summed E-state index contributed by atoms with van der Waals surface area (Å²) < 4.78 is 19.0. The molecule has 0 radical (unpaired) electrons. The van der Waals surface area contributed by atoms with Crippen LogP contribution in [0.2, 0.25) is 5.02 Å². The fourth-order valence-electron chi connectivity index (χ4n) is 4.43. The van der Waals surface area contributed by atoms with Gasteiger partial charge in [-0.25, -0.2) is 9.18 Å². The number of halogens is 2. The van der Waals surface area contributed by atoms with Gasteiger partial charge >= 0.3 is 5.97 Å². The van der Waals surface area contributed by atoms with Crippen molar-refractivity contribution in [3.05, 3.63) is 75.9 Å². The van der Waals surface area contributed by atoms with Gasteiger partial charge in [0.15, 0.2) is 0 Å². The molecule has 1 aromatic heterocycles. The van der Waals surface area contributed by atoms with Crippen LogP contribution >= 0.6 is 22.9 Å². The largest absolute Gasteiger partial charge is 0.477 e. The van der Waals surface area contributed by atoms with Crippen LogP contribution in [0.15, 0.2) is 54.6 Å². The highest BCUT2D eigenvalue weighted by Crippen LogP contribution is 2.42. The smallest absolute Gasteiger partial charge is 0.348 e. The second-order valence-electron chi connectivity index (χ2n) is 8.32. The summed E-state index contributed by atoms with van der Waals surface area (Å²) in [7, 11) is 0. The quantitative estimate of drug-likeness (QED) is 0.362. The van der Waals surface area contributed by atoms with Crippen LogP contribution in [0.5, 0.6) is 0 Å². The Balaban J connectivity index is 1.78. The Morgan fingerprint density at radius 1 is 1.18 bits per heavy atom. The summed E-state index contributed by atoms with van der Waals surface area (Å²) in [5, 5.41) is 10.7. The summed E-state index contributed by atoms with van der Waals surface area (Å²) >= 11 is 7.36. The molecule has 0 spiro atoms. The van der Waals surface area contributed by atoms with Crippen molar-refractivity contribution < 1.29 is 19.0 Å². The number of anilines is 1. The van der Waals surface area contributed by atoms with Crippen molar-refractivity contribution in [3.63, 3.8) is 0 Å². The Hall–Kier alpha value is -2.41. The molecule has 2 heterocycles. The Labute approximate surface area is 202 Å². The van der Waals surface area contributed by atoms with Gasteiger partial charge in [0.2, 0.25) is 0 Å². The zero-order valence-electron chi connectivity index (χ0n) is 18.5. The van der Waals surface area contributed by atoms with Gasteiger partial charge in [0.25, 0.3) is 0 Å². The molecule has 1 atom stereocenters. The number of ether oxygens (including phenoxy) is 1. The van der Waals surface area contributed by atoms with E-state index < -0.39 is 5.97 Å². The molecule has 1 N–H and O–H groups in total. The zero-order chi connectivity index (χ0) is 23.4. The van der Waals surface area contributed by atoms with E-state index in [1.165, 1.54) is 23.5 Å². The second-order valence-corrected chi connectivity index (χ2v) is 9.81. The van der Waals surface area contributed by atoms with E-state index in [0.717, 1.165) is 55.0 Å². The number of carboxylic acids is 1. The summed E-state index contributed by atoms with van der Waals surface area (Å²) in [5.74, 6) is -0.855. The number of hydrogen-bond acceptors (Lipinski definition) is 4. The molecule has 0 amide bonds. The van der Waals surface area contributed by atoms with Gasteiger partial charge in [-0.2, -0.15) is 0 Å². The molecule has 0 aliphatic carbocycles. The lowest BCUT2D eigenvalue weighted by Crippen LogP contribution is -2.36. The molecule has 4 rings (SSSR count). The topological polar surface area (TPSA) is 49.8 Å². The second kappa shape index (κ2) is 10.7. The maximum Gasteiger partial charge on any atom is 0.348 e. The van der Waals surface area contributed by atoms with Crippen molar-refractivity contribution in [2.24, 2.45) is 5.92 Å². The van der Waals surface area contributed by atoms with Crippen LogP contribution in [0, 0.1) is 11.7 Å². The van der Waals surface area contributed by atoms with Crippen LogP contribution in [0.3, 0.4) is 0 Å². The van der Waals surface area contributed by atoms with Crippen molar-refractivity contribution >= 4 is 34.6 Å². The first-order valence-electron chi connectivity index (χ1n) is 11.2. The number of benzene rings is 2. The van der Waals surface area contributed by atoms with Gasteiger partial charge in [-0.15, -0.1) is 11.3 Å². The van der Waals surface area contributed by atoms with E-state index in [0.29, 0.717) is 21.5 Å². The number of aromatic carboxylic acids is 1. The third-order valence-corrected chi connectivity index (χ3v) is 7.57. The summed E-state index contributed by atoms with van der Waals surface area (Å²) in [6.07, 6.45) is 2.71. The van der Waals surface area contributed by atoms with Gasteiger partial charge in [0, 0.05) is 29.7 Å². The monoisotopic (exact) mass is 487 g/mol. The fraction of sp³-hybridized carbons (Fsp3) is 0.346. The molecule has 1 aliphatic rings. The number of carboxylic acid groups (broad SMARTS) is 1. The highest BCUT2D eigenvalue weighted by molar-refractivity contribution is 7.18. The third kappa shape index (κ3) is 5.57. The Bertz CT molecular complexity index is 1080. The number of hydrogen-bond donors (Lipinski definition) is 1. The van der Waals surface area contributed by atoms with Crippen LogP contribution in [0.25, 0.3) is 10.4 Å². The highest BCUT2D eigenvalue weighted by atomic mass is 35.5. The van der Waals surface area contributed by atoms with Crippen LogP contribution in [0.4, 0.5) is 10.1 Å². The van der Waals surface area contributed by atoms with Crippen LogP contribution in [0.1, 0.15) is 47.5 Å². The Kier molecular flexibility index (Phi) is 7.68. The normalized spacial score (nSPS) is 15.4. The molecule has 1 fully saturated rings. The van der Waals surface area contributed by atoms with Crippen molar-refractivity contribution in [2.45, 2.75) is 32.2 Å². The summed E-state index contributed by atoms with van der Waals surface area (Å²) in [6, 6.07) is 15.9. The molecule has 0 bridgehead atoms. The van der Waals surface area contributed by atoms with Crippen LogP contribution < -0.4 is 4.90 Å². The van der Waals surface area contributed by atoms with Gasteiger partial charge in [-0.3, -0.25) is 0 Å². The Morgan fingerprint density at radius 3 is 2.45 bits per heavy atom. The van der Waals surface area contributed by atoms with Gasteiger partial charge < -0.3 is 14.7 Å². The van der Waals surface area contributed by atoms with Crippen molar-refractivity contribution in [2.75, 3.05) is 24.7 Å². The molecule has 7 heteroatoms. The number of thiophene rings is 1. The minimum absolute atomic E-state index is 0.00104. The fourth-order valence-corrected chi connectivity index (χ4v) is 5.56. The zero-order valence-corrected chi connectivity index (χ0v) is 20.0. The lowest BCUT2D eigenvalue weighted by Gasteiger charge is -2.37. The van der Waals surface area contributed by atoms with Gasteiger partial charge in [-0.05, 0) is 66.6 Å². The number of rotatable bonds is 8. The van der Waals surface area contributed by atoms with Crippen LogP contribution in [-0.4, -0.2) is 30.8 Å². The summed E-state index contributed by atoms with van der Waals surface area (Å²) in [6.45, 7) is 4.31. The molecule has 4 nitrogen and oxygen atoms in total. The number of carbonyl (C=O) groups is 1. The Morgan fingerprint density at radius 2 is 1.85 bits per heavy atom. The van der Waals surface area contributed by atoms with E-state index in [1.807, 2.05) is 30.3 Å². The van der Waals surface area contributed by atoms with Crippen molar-refractivity contribution in [1.29, 1.82) is 0 Å².